The van der Waals surface area contributed by atoms with Crippen LogP contribution in [0.5, 0.6) is 11.5 Å². The zero-order valence-electron chi connectivity index (χ0n) is 13.2. The first-order chi connectivity index (χ1) is 10.2. The summed E-state index contributed by atoms with van der Waals surface area (Å²) >= 11 is 0. The van der Waals surface area contributed by atoms with Gasteiger partial charge in [0.15, 0.2) is 0 Å². The molecule has 1 aliphatic carbocycles. The first kappa shape index (κ1) is 15.7. The Bertz CT molecular complexity index is 481. The number of hydrogen-bond donors (Lipinski definition) is 0. The van der Waals surface area contributed by atoms with Crippen molar-refractivity contribution in [3.63, 3.8) is 0 Å². The molecule has 21 heavy (non-hydrogen) atoms. The van der Waals surface area contributed by atoms with E-state index in [2.05, 4.69) is 0 Å². The van der Waals surface area contributed by atoms with Crippen molar-refractivity contribution in [2.75, 3.05) is 20.8 Å². The van der Waals surface area contributed by atoms with Crippen LogP contribution in [-0.2, 0) is 0 Å². The molecule has 0 N–H and O–H groups in total. The van der Waals surface area contributed by atoms with Gasteiger partial charge >= 0.3 is 0 Å². The van der Waals surface area contributed by atoms with Gasteiger partial charge in [-0.1, -0.05) is 19.3 Å². The van der Waals surface area contributed by atoms with Gasteiger partial charge in [-0.25, -0.2) is 0 Å². The number of benzene rings is 1. The van der Waals surface area contributed by atoms with E-state index in [1.165, 1.54) is 19.3 Å². The van der Waals surface area contributed by atoms with Crippen molar-refractivity contribution in [3.05, 3.63) is 23.8 Å². The fraction of sp³-hybridized carbons (Fsp3) is 0.588. The van der Waals surface area contributed by atoms with Crippen molar-refractivity contribution in [2.24, 2.45) is 0 Å². The van der Waals surface area contributed by atoms with E-state index in [0.29, 0.717) is 23.1 Å². The summed E-state index contributed by atoms with van der Waals surface area (Å²) in [7, 11) is 3.19. The summed E-state index contributed by atoms with van der Waals surface area (Å²) in [4.78, 5) is 14.8. The van der Waals surface area contributed by atoms with Gasteiger partial charge in [0.2, 0.25) is 0 Å². The average Bonchev–Trinajstić information content (AvgIpc) is 2.55. The van der Waals surface area contributed by atoms with Crippen molar-refractivity contribution in [1.82, 2.24) is 4.90 Å². The molecule has 2 rings (SSSR count). The molecule has 1 aromatic rings. The molecule has 0 aliphatic heterocycles. The Morgan fingerprint density at radius 2 is 1.90 bits per heavy atom. The van der Waals surface area contributed by atoms with E-state index >= 15 is 0 Å². The normalized spacial score (nSPS) is 15.6. The lowest BCUT2D eigenvalue weighted by Crippen LogP contribution is -2.41. The Morgan fingerprint density at radius 1 is 1.19 bits per heavy atom. The lowest BCUT2D eigenvalue weighted by atomic mass is 9.93. The van der Waals surface area contributed by atoms with Gasteiger partial charge in [-0.15, -0.1) is 0 Å². The van der Waals surface area contributed by atoms with Gasteiger partial charge in [0.25, 0.3) is 5.91 Å². The Labute approximate surface area is 127 Å². The predicted molar refractivity (Wildman–Crippen MR) is 83.1 cm³/mol. The van der Waals surface area contributed by atoms with Crippen LogP contribution in [0, 0.1) is 0 Å². The van der Waals surface area contributed by atoms with Crippen LogP contribution in [0.3, 0.4) is 0 Å². The highest BCUT2D eigenvalue weighted by Gasteiger charge is 2.26. The third-order valence-corrected chi connectivity index (χ3v) is 4.26. The second-order valence-electron chi connectivity index (χ2n) is 5.45. The number of rotatable bonds is 5. The topological polar surface area (TPSA) is 38.8 Å². The summed E-state index contributed by atoms with van der Waals surface area (Å²) in [5.41, 5.74) is 0.616. The van der Waals surface area contributed by atoms with Crippen LogP contribution in [0.25, 0.3) is 0 Å². The van der Waals surface area contributed by atoms with E-state index in [1.807, 2.05) is 17.9 Å². The van der Waals surface area contributed by atoms with Crippen molar-refractivity contribution in [1.29, 1.82) is 0 Å². The Hall–Kier alpha value is -1.71. The molecule has 116 valence electrons. The number of carbonyl (C=O) groups excluding carboxylic acids is 1. The third-order valence-electron chi connectivity index (χ3n) is 4.26. The SMILES string of the molecule is CCN(C(=O)c1ccc(OC)cc1OC)C1CCCCC1. The molecule has 4 nitrogen and oxygen atoms in total. The number of methoxy groups -OCH3 is 2. The summed E-state index contributed by atoms with van der Waals surface area (Å²) in [5, 5.41) is 0. The molecule has 1 aliphatic rings. The summed E-state index contributed by atoms with van der Waals surface area (Å²) < 4.78 is 10.6. The van der Waals surface area contributed by atoms with Gasteiger partial charge in [-0.3, -0.25) is 4.79 Å². The van der Waals surface area contributed by atoms with Crippen LogP contribution in [-0.4, -0.2) is 37.6 Å². The van der Waals surface area contributed by atoms with Gasteiger partial charge in [-0.05, 0) is 31.9 Å². The lowest BCUT2D eigenvalue weighted by molar-refractivity contribution is 0.0644. The van der Waals surface area contributed by atoms with Crippen LogP contribution in [0.4, 0.5) is 0 Å². The zero-order valence-corrected chi connectivity index (χ0v) is 13.2. The van der Waals surface area contributed by atoms with Gasteiger partial charge in [0, 0.05) is 18.7 Å². The molecule has 1 amide bonds. The van der Waals surface area contributed by atoms with E-state index in [0.717, 1.165) is 19.4 Å². The van der Waals surface area contributed by atoms with E-state index in [4.69, 9.17) is 9.47 Å². The van der Waals surface area contributed by atoms with Crippen molar-refractivity contribution in [2.45, 2.75) is 45.1 Å². The predicted octanol–water partition coefficient (Wildman–Crippen LogP) is 3.50. The quantitative estimate of drug-likeness (QED) is 0.833. The first-order valence-corrected chi connectivity index (χ1v) is 7.74. The van der Waals surface area contributed by atoms with E-state index < -0.39 is 0 Å². The maximum absolute atomic E-state index is 12.9. The smallest absolute Gasteiger partial charge is 0.257 e. The lowest BCUT2D eigenvalue weighted by Gasteiger charge is -2.34. The highest BCUT2D eigenvalue weighted by Crippen LogP contribution is 2.29. The van der Waals surface area contributed by atoms with Gasteiger partial charge in [0.1, 0.15) is 11.5 Å². The Morgan fingerprint density at radius 3 is 2.48 bits per heavy atom. The zero-order chi connectivity index (χ0) is 15.2. The number of nitrogens with zero attached hydrogens (tertiary/aromatic N) is 1. The minimum atomic E-state index is 0.0592. The van der Waals surface area contributed by atoms with Crippen LogP contribution in [0.15, 0.2) is 18.2 Å². The van der Waals surface area contributed by atoms with E-state index in [1.54, 1.807) is 26.4 Å². The van der Waals surface area contributed by atoms with Crippen molar-refractivity contribution >= 4 is 5.91 Å². The minimum absolute atomic E-state index is 0.0592. The molecule has 1 aromatic carbocycles. The van der Waals surface area contributed by atoms with Gasteiger partial charge in [-0.2, -0.15) is 0 Å². The maximum atomic E-state index is 12.9. The molecule has 0 spiro atoms. The fourth-order valence-electron chi connectivity index (χ4n) is 3.09. The summed E-state index contributed by atoms with van der Waals surface area (Å²) in [5.74, 6) is 1.33. The van der Waals surface area contributed by atoms with Crippen LogP contribution >= 0.6 is 0 Å². The van der Waals surface area contributed by atoms with E-state index in [-0.39, 0.29) is 5.91 Å². The standard InChI is InChI=1S/C17H25NO3/c1-4-18(13-8-6-5-7-9-13)17(19)15-11-10-14(20-2)12-16(15)21-3/h10-13H,4-9H2,1-3H3. The fourth-order valence-corrected chi connectivity index (χ4v) is 3.09. The monoisotopic (exact) mass is 291 g/mol. The van der Waals surface area contributed by atoms with E-state index in [9.17, 15) is 4.79 Å². The molecule has 0 aromatic heterocycles. The average molecular weight is 291 g/mol. The highest BCUT2D eigenvalue weighted by atomic mass is 16.5. The molecule has 0 saturated heterocycles. The molecule has 4 heteroatoms. The minimum Gasteiger partial charge on any atom is -0.497 e. The van der Waals surface area contributed by atoms with Crippen LogP contribution < -0.4 is 9.47 Å². The Balaban J connectivity index is 2.24. The largest absolute Gasteiger partial charge is 0.497 e. The van der Waals surface area contributed by atoms with Gasteiger partial charge in [0.05, 0.1) is 19.8 Å². The molecule has 0 radical (unpaired) electrons. The maximum Gasteiger partial charge on any atom is 0.257 e. The highest BCUT2D eigenvalue weighted by molar-refractivity contribution is 5.97. The summed E-state index contributed by atoms with van der Waals surface area (Å²) in [6, 6.07) is 5.74. The number of amides is 1. The van der Waals surface area contributed by atoms with Gasteiger partial charge < -0.3 is 14.4 Å². The number of hydrogen-bond acceptors (Lipinski definition) is 3. The molecule has 0 heterocycles. The van der Waals surface area contributed by atoms with Crippen molar-refractivity contribution < 1.29 is 14.3 Å². The third kappa shape index (κ3) is 3.49. The van der Waals surface area contributed by atoms with Crippen LogP contribution in [0.1, 0.15) is 49.4 Å². The summed E-state index contributed by atoms with van der Waals surface area (Å²) in [6.07, 6.45) is 5.94. The second kappa shape index (κ2) is 7.34. The summed E-state index contributed by atoms with van der Waals surface area (Å²) in [6.45, 7) is 2.78. The molecular weight excluding hydrogens is 266 g/mol. The number of carbonyl (C=O) groups is 1. The number of ether oxygens (including phenoxy) is 2. The Kier molecular flexibility index (Phi) is 5.48. The molecule has 1 saturated carbocycles. The first-order valence-electron chi connectivity index (χ1n) is 7.74. The molecule has 0 unspecified atom stereocenters. The van der Waals surface area contributed by atoms with Crippen molar-refractivity contribution in [3.8, 4) is 11.5 Å². The molecular formula is C17H25NO3. The second-order valence-corrected chi connectivity index (χ2v) is 5.45. The van der Waals surface area contributed by atoms with Crippen LogP contribution in [0.2, 0.25) is 0 Å². The molecule has 1 fully saturated rings. The molecule has 0 atom stereocenters. The molecule has 0 bridgehead atoms.